The van der Waals surface area contributed by atoms with E-state index >= 15 is 0 Å². The Bertz CT molecular complexity index is 337. The molecule has 0 fully saturated rings. The Labute approximate surface area is 100 Å². The Morgan fingerprint density at radius 2 is 2.21 bits per heavy atom. The Kier molecular flexibility index (Phi) is 4.48. The van der Waals surface area contributed by atoms with Crippen molar-refractivity contribution < 1.29 is 9.47 Å². The highest BCUT2D eigenvalue weighted by Gasteiger charge is 2.02. The SMILES string of the molecule is C=C(Br)COc1ccc(OC)cc1Br. The van der Waals surface area contributed by atoms with E-state index in [9.17, 15) is 0 Å². The molecule has 0 aliphatic heterocycles. The molecule has 0 saturated heterocycles. The molecule has 1 aromatic carbocycles. The fourth-order valence-corrected chi connectivity index (χ4v) is 1.47. The first-order valence-electron chi connectivity index (χ1n) is 3.93. The largest absolute Gasteiger partial charge is 0.497 e. The zero-order chi connectivity index (χ0) is 10.6. The highest BCUT2D eigenvalue weighted by atomic mass is 79.9. The summed E-state index contributed by atoms with van der Waals surface area (Å²) in [4.78, 5) is 0. The summed E-state index contributed by atoms with van der Waals surface area (Å²) in [6.07, 6.45) is 0. The molecular formula is C10H10Br2O2. The fourth-order valence-electron chi connectivity index (χ4n) is 0.882. The molecule has 0 aliphatic rings. The van der Waals surface area contributed by atoms with Crippen LogP contribution >= 0.6 is 31.9 Å². The van der Waals surface area contributed by atoms with Gasteiger partial charge in [0.1, 0.15) is 18.1 Å². The van der Waals surface area contributed by atoms with Gasteiger partial charge in [-0.1, -0.05) is 22.5 Å². The lowest BCUT2D eigenvalue weighted by molar-refractivity contribution is 0.356. The van der Waals surface area contributed by atoms with Crippen LogP contribution in [-0.4, -0.2) is 13.7 Å². The molecule has 0 unspecified atom stereocenters. The van der Waals surface area contributed by atoms with E-state index in [2.05, 4.69) is 38.4 Å². The fraction of sp³-hybridized carbons (Fsp3) is 0.200. The average Bonchev–Trinajstić information content (AvgIpc) is 2.15. The van der Waals surface area contributed by atoms with Crippen molar-refractivity contribution in [1.29, 1.82) is 0 Å². The van der Waals surface area contributed by atoms with Crippen LogP contribution < -0.4 is 9.47 Å². The minimum atomic E-state index is 0.449. The number of rotatable bonds is 4. The number of halogens is 2. The van der Waals surface area contributed by atoms with Crippen LogP contribution in [0.5, 0.6) is 11.5 Å². The molecule has 0 atom stereocenters. The molecular weight excluding hydrogens is 312 g/mol. The van der Waals surface area contributed by atoms with Crippen LogP contribution in [0.3, 0.4) is 0 Å². The summed E-state index contributed by atoms with van der Waals surface area (Å²) >= 11 is 6.61. The maximum atomic E-state index is 5.45. The highest BCUT2D eigenvalue weighted by Crippen LogP contribution is 2.29. The van der Waals surface area contributed by atoms with E-state index in [0.717, 1.165) is 20.5 Å². The van der Waals surface area contributed by atoms with Crippen molar-refractivity contribution in [2.45, 2.75) is 0 Å². The van der Waals surface area contributed by atoms with Gasteiger partial charge in [-0.2, -0.15) is 0 Å². The number of hydrogen-bond acceptors (Lipinski definition) is 2. The van der Waals surface area contributed by atoms with Gasteiger partial charge in [0.25, 0.3) is 0 Å². The second kappa shape index (κ2) is 5.41. The van der Waals surface area contributed by atoms with Gasteiger partial charge < -0.3 is 9.47 Å². The van der Waals surface area contributed by atoms with E-state index in [1.807, 2.05) is 18.2 Å². The molecule has 0 spiro atoms. The van der Waals surface area contributed by atoms with Crippen LogP contribution in [-0.2, 0) is 0 Å². The van der Waals surface area contributed by atoms with Crippen molar-refractivity contribution in [3.8, 4) is 11.5 Å². The summed E-state index contributed by atoms with van der Waals surface area (Å²) < 4.78 is 12.2. The average molecular weight is 322 g/mol. The molecule has 0 aliphatic carbocycles. The number of methoxy groups -OCH3 is 1. The molecule has 76 valence electrons. The van der Waals surface area contributed by atoms with Crippen molar-refractivity contribution in [2.24, 2.45) is 0 Å². The van der Waals surface area contributed by atoms with E-state index in [0.29, 0.717) is 6.61 Å². The Hall–Kier alpha value is -0.480. The van der Waals surface area contributed by atoms with Crippen LogP contribution in [0, 0.1) is 0 Å². The summed E-state index contributed by atoms with van der Waals surface area (Å²) in [6, 6.07) is 5.54. The molecule has 2 nitrogen and oxygen atoms in total. The summed E-state index contributed by atoms with van der Waals surface area (Å²) in [5, 5.41) is 0. The van der Waals surface area contributed by atoms with Crippen LogP contribution in [0.25, 0.3) is 0 Å². The summed E-state index contributed by atoms with van der Waals surface area (Å²) in [7, 11) is 1.63. The molecule has 1 aromatic rings. The van der Waals surface area contributed by atoms with Gasteiger partial charge in [-0.3, -0.25) is 0 Å². The molecule has 0 saturated carbocycles. The summed E-state index contributed by atoms with van der Waals surface area (Å²) in [5.41, 5.74) is 0. The predicted molar refractivity (Wildman–Crippen MR) is 64.3 cm³/mol. The summed E-state index contributed by atoms with van der Waals surface area (Å²) in [5.74, 6) is 1.56. The first kappa shape index (κ1) is 11.6. The second-order valence-corrected chi connectivity index (χ2v) is 4.58. The minimum Gasteiger partial charge on any atom is -0.497 e. The van der Waals surface area contributed by atoms with Gasteiger partial charge in [-0.15, -0.1) is 0 Å². The predicted octanol–water partition coefficient (Wildman–Crippen LogP) is 3.75. The maximum Gasteiger partial charge on any atom is 0.134 e. The first-order chi connectivity index (χ1) is 6.63. The highest BCUT2D eigenvalue weighted by molar-refractivity contribution is 9.11. The first-order valence-corrected chi connectivity index (χ1v) is 5.51. The van der Waals surface area contributed by atoms with E-state index in [4.69, 9.17) is 9.47 Å². The van der Waals surface area contributed by atoms with E-state index in [1.54, 1.807) is 7.11 Å². The molecule has 0 amide bonds. The number of ether oxygens (including phenoxy) is 2. The third kappa shape index (κ3) is 3.35. The van der Waals surface area contributed by atoms with Gasteiger partial charge in [-0.05, 0) is 34.1 Å². The van der Waals surface area contributed by atoms with Crippen LogP contribution in [0.4, 0.5) is 0 Å². The Balaban J connectivity index is 2.73. The van der Waals surface area contributed by atoms with Gasteiger partial charge in [-0.25, -0.2) is 0 Å². The zero-order valence-electron chi connectivity index (χ0n) is 7.72. The lowest BCUT2D eigenvalue weighted by Gasteiger charge is -2.08. The lowest BCUT2D eigenvalue weighted by Crippen LogP contribution is -1.96. The standard InChI is InChI=1S/C10H10Br2O2/c1-7(11)6-14-10-4-3-8(13-2)5-9(10)12/h3-5H,1,6H2,2H3. The molecule has 0 N–H and O–H groups in total. The van der Waals surface area contributed by atoms with Crippen molar-refractivity contribution in [3.63, 3.8) is 0 Å². The third-order valence-corrected chi connectivity index (χ3v) is 2.37. The van der Waals surface area contributed by atoms with Crippen LogP contribution in [0.1, 0.15) is 0 Å². The van der Waals surface area contributed by atoms with Crippen molar-refractivity contribution >= 4 is 31.9 Å². The molecule has 4 heteroatoms. The van der Waals surface area contributed by atoms with E-state index in [-0.39, 0.29) is 0 Å². The van der Waals surface area contributed by atoms with Crippen molar-refractivity contribution in [3.05, 3.63) is 33.7 Å². The smallest absolute Gasteiger partial charge is 0.134 e. The number of benzene rings is 1. The normalized spacial score (nSPS) is 9.64. The van der Waals surface area contributed by atoms with Gasteiger partial charge in [0, 0.05) is 4.48 Å². The lowest BCUT2D eigenvalue weighted by atomic mass is 10.3. The van der Waals surface area contributed by atoms with Gasteiger partial charge >= 0.3 is 0 Å². The van der Waals surface area contributed by atoms with Crippen LogP contribution in [0.2, 0.25) is 0 Å². The van der Waals surface area contributed by atoms with Gasteiger partial charge in [0.15, 0.2) is 0 Å². The number of hydrogen-bond donors (Lipinski definition) is 0. The zero-order valence-corrected chi connectivity index (χ0v) is 10.9. The second-order valence-electron chi connectivity index (χ2n) is 2.60. The Morgan fingerprint density at radius 1 is 1.50 bits per heavy atom. The summed E-state index contributed by atoms with van der Waals surface area (Å²) in [6.45, 7) is 4.13. The van der Waals surface area contributed by atoms with Crippen molar-refractivity contribution in [1.82, 2.24) is 0 Å². The maximum absolute atomic E-state index is 5.45. The van der Waals surface area contributed by atoms with Gasteiger partial charge in [0.2, 0.25) is 0 Å². The van der Waals surface area contributed by atoms with Gasteiger partial charge in [0.05, 0.1) is 11.6 Å². The molecule has 0 radical (unpaired) electrons. The minimum absolute atomic E-state index is 0.449. The molecule has 14 heavy (non-hydrogen) atoms. The molecule has 0 aromatic heterocycles. The molecule has 0 heterocycles. The molecule has 0 bridgehead atoms. The quantitative estimate of drug-likeness (QED) is 0.841. The topological polar surface area (TPSA) is 18.5 Å². The monoisotopic (exact) mass is 320 g/mol. The van der Waals surface area contributed by atoms with Crippen LogP contribution in [0.15, 0.2) is 33.7 Å². The van der Waals surface area contributed by atoms with E-state index < -0.39 is 0 Å². The third-order valence-electron chi connectivity index (χ3n) is 1.52. The van der Waals surface area contributed by atoms with Crippen molar-refractivity contribution in [2.75, 3.05) is 13.7 Å². The molecule has 1 rings (SSSR count). The van der Waals surface area contributed by atoms with E-state index in [1.165, 1.54) is 0 Å². The Morgan fingerprint density at radius 3 is 2.71 bits per heavy atom.